The van der Waals surface area contributed by atoms with E-state index in [9.17, 15) is 4.79 Å². The summed E-state index contributed by atoms with van der Waals surface area (Å²) in [6.45, 7) is 6.97. The molecule has 0 atom stereocenters. The zero-order valence-corrected chi connectivity index (χ0v) is 20.8. The van der Waals surface area contributed by atoms with Gasteiger partial charge in [0.2, 0.25) is 5.75 Å². The predicted molar refractivity (Wildman–Crippen MR) is 137 cm³/mol. The first-order valence-corrected chi connectivity index (χ1v) is 12.3. The summed E-state index contributed by atoms with van der Waals surface area (Å²) in [5, 5.41) is 0.875. The fraction of sp³-hybridized carbons (Fsp3) is 0.231. The number of amides is 1. The van der Waals surface area contributed by atoms with E-state index in [1.165, 1.54) is 11.3 Å². The number of halogens is 1. The molecule has 4 aromatic rings. The number of hydrogen-bond acceptors (Lipinski definition) is 6. The van der Waals surface area contributed by atoms with E-state index >= 15 is 0 Å². The molecule has 1 amide bonds. The Bertz CT molecular complexity index is 1250. The van der Waals surface area contributed by atoms with Crippen LogP contribution in [0.2, 0.25) is 5.02 Å². The van der Waals surface area contributed by atoms with Gasteiger partial charge in [-0.15, -0.1) is 0 Å². The number of thiazole rings is 1. The molecule has 0 unspecified atom stereocenters. The van der Waals surface area contributed by atoms with Crippen LogP contribution in [0.15, 0.2) is 60.7 Å². The van der Waals surface area contributed by atoms with Crippen LogP contribution in [0.1, 0.15) is 31.1 Å². The third-order valence-electron chi connectivity index (χ3n) is 4.93. The van der Waals surface area contributed by atoms with Gasteiger partial charge in [0, 0.05) is 12.1 Å². The van der Waals surface area contributed by atoms with Crippen molar-refractivity contribution < 1.29 is 19.0 Å². The highest BCUT2D eigenvalue weighted by atomic mass is 35.5. The number of fused-ring (bicyclic) bond motifs is 1. The number of carbonyl (C=O) groups excluding carboxylic acids is 1. The second-order valence-corrected chi connectivity index (χ2v) is 8.57. The van der Waals surface area contributed by atoms with Crippen molar-refractivity contribution in [2.45, 2.75) is 20.8 Å². The molecule has 1 heterocycles. The third kappa shape index (κ3) is 4.81. The van der Waals surface area contributed by atoms with Gasteiger partial charge in [-0.25, -0.2) is 4.98 Å². The molecule has 3 aromatic carbocycles. The van der Waals surface area contributed by atoms with Crippen LogP contribution in [0, 0.1) is 0 Å². The number of rotatable bonds is 9. The van der Waals surface area contributed by atoms with Gasteiger partial charge in [-0.1, -0.05) is 47.2 Å². The Morgan fingerprint density at radius 2 is 1.53 bits per heavy atom. The lowest BCUT2D eigenvalue weighted by Gasteiger charge is -2.24. The summed E-state index contributed by atoms with van der Waals surface area (Å²) in [6.07, 6.45) is 0. The van der Waals surface area contributed by atoms with E-state index in [1.807, 2.05) is 45.0 Å². The topological polar surface area (TPSA) is 60.9 Å². The molecule has 176 valence electrons. The first kappa shape index (κ1) is 23.9. The van der Waals surface area contributed by atoms with Crippen LogP contribution < -0.4 is 19.1 Å². The molecule has 0 N–H and O–H groups in total. The summed E-state index contributed by atoms with van der Waals surface area (Å²) in [5.41, 5.74) is 1.72. The molecule has 1 aromatic heterocycles. The first-order valence-electron chi connectivity index (χ1n) is 11.1. The minimum Gasteiger partial charge on any atom is -0.490 e. The molecule has 0 saturated heterocycles. The highest BCUT2D eigenvalue weighted by Crippen LogP contribution is 2.45. The summed E-state index contributed by atoms with van der Waals surface area (Å²) in [7, 11) is 0. The van der Waals surface area contributed by atoms with Crippen LogP contribution in [-0.4, -0.2) is 30.7 Å². The van der Waals surface area contributed by atoms with Crippen LogP contribution in [-0.2, 0) is 0 Å². The van der Waals surface area contributed by atoms with Crippen LogP contribution in [0.4, 0.5) is 10.8 Å². The lowest BCUT2D eigenvalue weighted by atomic mass is 10.1. The highest BCUT2D eigenvalue weighted by molar-refractivity contribution is 7.22. The second-order valence-electron chi connectivity index (χ2n) is 7.15. The SMILES string of the molecule is CCOc1cc(N(C(=O)c2ccccc2Cl)c2nc3ccccc3s2)cc(OCC)c1OCC. The van der Waals surface area contributed by atoms with E-state index in [0.29, 0.717) is 58.5 Å². The molecule has 0 aliphatic heterocycles. The Morgan fingerprint density at radius 1 is 0.912 bits per heavy atom. The summed E-state index contributed by atoms with van der Waals surface area (Å²) >= 11 is 7.83. The minimum absolute atomic E-state index is 0.307. The van der Waals surface area contributed by atoms with E-state index in [0.717, 1.165) is 10.2 Å². The average Bonchev–Trinajstić information content (AvgIpc) is 3.25. The summed E-state index contributed by atoms with van der Waals surface area (Å²) in [4.78, 5) is 20.2. The van der Waals surface area contributed by atoms with Crippen molar-refractivity contribution in [1.82, 2.24) is 4.98 Å². The van der Waals surface area contributed by atoms with Crippen molar-refractivity contribution in [2.24, 2.45) is 0 Å². The Morgan fingerprint density at radius 3 is 2.15 bits per heavy atom. The number of aromatic nitrogens is 1. The number of benzene rings is 3. The number of hydrogen-bond donors (Lipinski definition) is 0. The molecule has 0 saturated carbocycles. The molecule has 4 rings (SSSR count). The fourth-order valence-electron chi connectivity index (χ4n) is 3.53. The van der Waals surface area contributed by atoms with Gasteiger partial charge in [-0.2, -0.15) is 0 Å². The van der Waals surface area contributed by atoms with Crippen molar-refractivity contribution >= 4 is 49.9 Å². The van der Waals surface area contributed by atoms with Crippen LogP contribution in [0.25, 0.3) is 10.2 Å². The van der Waals surface area contributed by atoms with Gasteiger partial charge in [-0.05, 0) is 45.0 Å². The van der Waals surface area contributed by atoms with Crippen molar-refractivity contribution in [2.75, 3.05) is 24.7 Å². The zero-order valence-electron chi connectivity index (χ0n) is 19.2. The monoisotopic (exact) mass is 496 g/mol. The van der Waals surface area contributed by atoms with E-state index in [2.05, 4.69) is 0 Å². The molecule has 0 aliphatic carbocycles. The van der Waals surface area contributed by atoms with Gasteiger partial charge < -0.3 is 14.2 Å². The number of anilines is 2. The standard InChI is InChI=1S/C26H25ClN2O4S/c1-4-31-21-15-17(16-22(32-5-2)24(21)33-6-3)29(25(30)18-11-7-8-12-19(18)27)26-28-20-13-9-10-14-23(20)34-26/h7-16H,4-6H2,1-3H3. The molecule has 6 nitrogen and oxygen atoms in total. The van der Waals surface area contributed by atoms with Gasteiger partial charge in [-0.3, -0.25) is 9.69 Å². The van der Waals surface area contributed by atoms with Crippen molar-refractivity contribution in [3.63, 3.8) is 0 Å². The van der Waals surface area contributed by atoms with Gasteiger partial charge >= 0.3 is 0 Å². The van der Waals surface area contributed by atoms with Gasteiger partial charge in [0.25, 0.3) is 5.91 Å². The van der Waals surface area contributed by atoms with Gasteiger partial charge in [0.15, 0.2) is 16.6 Å². The average molecular weight is 497 g/mol. The van der Waals surface area contributed by atoms with Crippen molar-refractivity contribution in [3.8, 4) is 17.2 Å². The van der Waals surface area contributed by atoms with E-state index in [4.69, 9.17) is 30.8 Å². The number of carbonyl (C=O) groups is 1. The van der Waals surface area contributed by atoms with E-state index in [1.54, 1.807) is 41.3 Å². The largest absolute Gasteiger partial charge is 0.490 e. The molecular formula is C26H25ClN2O4S. The van der Waals surface area contributed by atoms with E-state index < -0.39 is 0 Å². The van der Waals surface area contributed by atoms with Crippen molar-refractivity contribution in [1.29, 1.82) is 0 Å². The minimum atomic E-state index is -0.307. The maximum Gasteiger partial charge on any atom is 0.266 e. The lowest BCUT2D eigenvalue weighted by molar-refractivity contribution is 0.0999. The molecule has 0 radical (unpaired) electrons. The van der Waals surface area contributed by atoms with E-state index in [-0.39, 0.29) is 5.91 Å². The molecule has 8 heteroatoms. The maximum atomic E-state index is 13.9. The fourth-order valence-corrected chi connectivity index (χ4v) is 4.73. The van der Waals surface area contributed by atoms with Crippen LogP contribution in [0.5, 0.6) is 17.2 Å². The first-order chi connectivity index (χ1) is 16.6. The normalized spacial score (nSPS) is 10.8. The molecule has 0 fully saturated rings. The molecule has 34 heavy (non-hydrogen) atoms. The van der Waals surface area contributed by atoms with Crippen LogP contribution in [0.3, 0.4) is 0 Å². The molecular weight excluding hydrogens is 472 g/mol. The summed E-state index contributed by atoms with van der Waals surface area (Å²) < 4.78 is 18.6. The third-order valence-corrected chi connectivity index (χ3v) is 6.28. The quantitative estimate of drug-likeness (QED) is 0.247. The Hall–Kier alpha value is -3.29. The maximum absolute atomic E-state index is 13.9. The van der Waals surface area contributed by atoms with Gasteiger partial charge in [0.1, 0.15) is 0 Å². The number of ether oxygens (including phenoxy) is 3. The van der Waals surface area contributed by atoms with Crippen LogP contribution >= 0.6 is 22.9 Å². The predicted octanol–water partition coefficient (Wildman–Crippen LogP) is 7.12. The number of nitrogens with zero attached hydrogens (tertiary/aromatic N) is 2. The Balaban J connectivity index is 1.94. The smallest absolute Gasteiger partial charge is 0.266 e. The highest BCUT2D eigenvalue weighted by Gasteiger charge is 2.28. The number of para-hydroxylation sites is 1. The second kappa shape index (κ2) is 10.8. The summed E-state index contributed by atoms with van der Waals surface area (Å²) in [6, 6.07) is 18.3. The zero-order chi connectivity index (χ0) is 24.1. The molecule has 0 aliphatic rings. The van der Waals surface area contributed by atoms with Crippen molar-refractivity contribution in [3.05, 3.63) is 71.2 Å². The lowest BCUT2D eigenvalue weighted by Crippen LogP contribution is -2.26. The Kier molecular flexibility index (Phi) is 7.55. The Labute approximate surface area is 207 Å². The summed E-state index contributed by atoms with van der Waals surface area (Å²) in [5.74, 6) is 1.18. The van der Waals surface area contributed by atoms with Gasteiger partial charge in [0.05, 0.1) is 46.3 Å². The molecule has 0 spiro atoms. The molecule has 0 bridgehead atoms.